The lowest BCUT2D eigenvalue weighted by atomic mass is 10.1. The van der Waals surface area contributed by atoms with Gasteiger partial charge in [-0.25, -0.2) is 4.98 Å². The zero-order valence-electron chi connectivity index (χ0n) is 19.3. The van der Waals surface area contributed by atoms with Crippen LogP contribution in [0.5, 0.6) is 5.75 Å². The Morgan fingerprint density at radius 3 is 2.77 bits per heavy atom. The van der Waals surface area contributed by atoms with Crippen LogP contribution in [-0.2, 0) is 13.0 Å². The molecule has 0 radical (unpaired) electrons. The van der Waals surface area contributed by atoms with Crippen molar-refractivity contribution in [1.82, 2.24) is 30.0 Å². The van der Waals surface area contributed by atoms with Crippen LogP contribution >= 0.6 is 22.9 Å². The summed E-state index contributed by atoms with van der Waals surface area (Å²) in [5.74, 6) is 1.33. The molecule has 0 aliphatic carbocycles. The molecule has 5 rings (SSSR count). The van der Waals surface area contributed by atoms with E-state index in [1.165, 1.54) is 0 Å². The second-order valence-corrected chi connectivity index (χ2v) is 9.74. The molecular formula is C25H24ClN7OS. The standard InChI is InChI=1S/C25H24ClN7OS/c1-33(2)15-18-14-29-25(35-18)30-24-19-12-16(22-20(26)7-5-10-28-22)13-21(23(19)31-32-24)34-11-8-17-6-3-4-9-27-17/h3-7,9-10,12-14H,8,11,15H2,1-2H3,(H2,29,30,31,32). The van der Waals surface area contributed by atoms with E-state index in [-0.39, 0.29) is 0 Å². The van der Waals surface area contributed by atoms with Gasteiger partial charge >= 0.3 is 0 Å². The number of ether oxygens (including phenoxy) is 1. The first-order valence-corrected chi connectivity index (χ1v) is 12.3. The molecule has 2 N–H and O–H groups in total. The van der Waals surface area contributed by atoms with Gasteiger partial charge in [0.2, 0.25) is 0 Å². The topological polar surface area (TPSA) is 91.9 Å². The van der Waals surface area contributed by atoms with Crippen LogP contribution in [0, 0.1) is 0 Å². The van der Waals surface area contributed by atoms with Crippen LogP contribution in [0.25, 0.3) is 22.2 Å². The number of anilines is 2. The van der Waals surface area contributed by atoms with Gasteiger partial charge in [0.1, 0.15) is 11.3 Å². The summed E-state index contributed by atoms with van der Waals surface area (Å²) in [6.07, 6.45) is 6.08. The Morgan fingerprint density at radius 2 is 1.97 bits per heavy atom. The number of rotatable bonds is 9. The maximum absolute atomic E-state index is 6.47. The second-order valence-electron chi connectivity index (χ2n) is 8.22. The number of nitrogens with one attached hydrogen (secondary N) is 2. The Balaban J connectivity index is 1.48. The summed E-state index contributed by atoms with van der Waals surface area (Å²) in [4.78, 5) is 16.6. The number of aromatic amines is 1. The van der Waals surface area contributed by atoms with Crippen molar-refractivity contribution >= 4 is 44.8 Å². The maximum atomic E-state index is 6.47. The van der Waals surface area contributed by atoms with Crippen LogP contribution in [0.3, 0.4) is 0 Å². The predicted molar refractivity (Wildman–Crippen MR) is 141 cm³/mol. The van der Waals surface area contributed by atoms with Crippen LogP contribution in [0.2, 0.25) is 5.02 Å². The van der Waals surface area contributed by atoms with Gasteiger partial charge in [-0.2, -0.15) is 5.10 Å². The molecule has 0 spiro atoms. The minimum absolute atomic E-state index is 0.466. The number of H-pyrrole nitrogens is 1. The molecule has 178 valence electrons. The minimum Gasteiger partial charge on any atom is -0.491 e. The highest BCUT2D eigenvalue weighted by molar-refractivity contribution is 7.15. The molecule has 0 aliphatic heterocycles. The van der Waals surface area contributed by atoms with Gasteiger partial charge in [-0.1, -0.05) is 17.7 Å². The van der Waals surface area contributed by atoms with Crippen molar-refractivity contribution < 1.29 is 4.74 Å². The second kappa shape index (κ2) is 10.4. The molecule has 0 saturated heterocycles. The minimum atomic E-state index is 0.466. The lowest BCUT2D eigenvalue weighted by molar-refractivity contribution is 0.324. The van der Waals surface area contributed by atoms with Gasteiger partial charge in [-0.15, -0.1) is 11.3 Å². The predicted octanol–water partition coefficient (Wildman–Crippen LogP) is 5.56. The van der Waals surface area contributed by atoms with Crippen molar-refractivity contribution in [3.8, 4) is 17.0 Å². The smallest absolute Gasteiger partial charge is 0.188 e. The van der Waals surface area contributed by atoms with Crippen LogP contribution in [-0.4, -0.2) is 50.8 Å². The van der Waals surface area contributed by atoms with Crippen molar-refractivity contribution in [2.75, 3.05) is 26.0 Å². The zero-order chi connectivity index (χ0) is 24.2. The summed E-state index contributed by atoms with van der Waals surface area (Å²) < 4.78 is 6.21. The van der Waals surface area contributed by atoms with Gasteiger partial charge in [0.25, 0.3) is 0 Å². The van der Waals surface area contributed by atoms with Gasteiger partial charge in [0, 0.05) is 53.1 Å². The zero-order valence-corrected chi connectivity index (χ0v) is 20.9. The molecule has 0 atom stereocenters. The third-order valence-electron chi connectivity index (χ3n) is 5.26. The van der Waals surface area contributed by atoms with Crippen molar-refractivity contribution in [3.63, 3.8) is 0 Å². The quantitative estimate of drug-likeness (QED) is 0.271. The molecule has 4 aromatic heterocycles. The lowest BCUT2D eigenvalue weighted by Crippen LogP contribution is -2.09. The number of halogens is 1. The Bertz CT molecular complexity index is 1430. The number of hydrogen-bond donors (Lipinski definition) is 2. The fourth-order valence-corrected chi connectivity index (χ4v) is 4.86. The third kappa shape index (κ3) is 5.43. The van der Waals surface area contributed by atoms with Crippen molar-refractivity contribution in [2.24, 2.45) is 0 Å². The van der Waals surface area contributed by atoms with Crippen LogP contribution < -0.4 is 10.1 Å². The highest BCUT2D eigenvalue weighted by Gasteiger charge is 2.17. The molecule has 1 aromatic carbocycles. The van der Waals surface area contributed by atoms with Gasteiger partial charge in [0.05, 0.1) is 17.3 Å². The fraction of sp³-hybridized carbons (Fsp3) is 0.200. The largest absolute Gasteiger partial charge is 0.491 e. The summed E-state index contributed by atoms with van der Waals surface area (Å²) in [6.45, 7) is 1.30. The number of thiazole rings is 1. The van der Waals surface area contributed by atoms with E-state index < -0.39 is 0 Å². The van der Waals surface area contributed by atoms with E-state index in [2.05, 4.69) is 35.4 Å². The average molecular weight is 506 g/mol. The van der Waals surface area contributed by atoms with E-state index in [4.69, 9.17) is 16.3 Å². The fourth-order valence-electron chi connectivity index (χ4n) is 3.70. The monoisotopic (exact) mass is 505 g/mol. The summed E-state index contributed by atoms with van der Waals surface area (Å²) in [7, 11) is 4.07. The first-order chi connectivity index (χ1) is 17.1. The highest BCUT2D eigenvalue weighted by Crippen LogP contribution is 2.37. The van der Waals surface area contributed by atoms with Crippen molar-refractivity contribution in [3.05, 3.63) is 76.6 Å². The van der Waals surface area contributed by atoms with Crippen LogP contribution in [0.4, 0.5) is 10.9 Å². The average Bonchev–Trinajstić information content (AvgIpc) is 3.46. The Morgan fingerprint density at radius 1 is 1.09 bits per heavy atom. The van der Waals surface area contributed by atoms with Gasteiger partial charge in [0.15, 0.2) is 10.9 Å². The first-order valence-electron chi connectivity index (χ1n) is 11.1. The van der Waals surface area contributed by atoms with Gasteiger partial charge in [-0.05, 0) is 50.5 Å². The molecule has 8 nitrogen and oxygen atoms in total. The number of pyridine rings is 2. The lowest BCUT2D eigenvalue weighted by Gasteiger charge is -2.11. The number of benzene rings is 1. The van der Waals surface area contributed by atoms with Crippen molar-refractivity contribution in [2.45, 2.75) is 13.0 Å². The normalized spacial score (nSPS) is 11.3. The van der Waals surface area contributed by atoms with E-state index in [1.54, 1.807) is 23.7 Å². The molecule has 0 unspecified atom stereocenters. The molecule has 5 aromatic rings. The van der Waals surface area contributed by atoms with E-state index in [0.717, 1.165) is 38.7 Å². The maximum Gasteiger partial charge on any atom is 0.188 e. The molecule has 0 amide bonds. The molecule has 10 heteroatoms. The molecular weight excluding hydrogens is 482 g/mol. The van der Waals surface area contributed by atoms with Crippen LogP contribution in [0.15, 0.2) is 61.1 Å². The first kappa shape index (κ1) is 23.2. The summed E-state index contributed by atoms with van der Waals surface area (Å²) in [5, 5.41) is 13.2. The van der Waals surface area contributed by atoms with E-state index in [9.17, 15) is 0 Å². The van der Waals surface area contributed by atoms with E-state index in [0.29, 0.717) is 35.3 Å². The summed E-state index contributed by atoms with van der Waals surface area (Å²) >= 11 is 8.07. The number of hydrogen-bond acceptors (Lipinski definition) is 8. The molecule has 0 fully saturated rings. The Hall–Kier alpha value is -3.53. The number of nitrogens with zero attached hydrogens (tertiary/aromatic N) is 5. The molecule has 0 bridgehead atoms. The number of aromatic nitrogens is 5. The van der Waals surface area contributed by atoms with Gasteiger partial charge in [-0.3, -0.25) is 15.1 Å². The molecule has 35 heavy (non-hydrogen) atoms. The summed E-state index contributed by atoms with van der Waals surface area (Å²) in [5.41, 5.74) is 3.28. The van der Waals surface area contributed by atoms with E-state index in [1.807, 2.05) is 62.8 Å². The molecule has 4 heterocycles. The third-order valence-corrected chi connectivity index (χ3v) is 6.46. The van der Waals surface area contributed by atoms with Crippen LogP contribution in [0.1, 0.15) is 10.6 Å². The SMILES string of the molecule is CN(C)Cc1cnc(Nc2n[nH]c3c(OCCc4ccccn4)cc(-c4ncccc4Cl)cc23)s1. The summed E-state index contributed by atoms with van der Waals surface area (Å²) in [6, 6.07) is 13.4. The van der Waals surface area contributed by atoms with Crippen molar-refractivity contribution in [1.29, 1.82) is 0 Å². The molecule has 0 saturated carbocycles. The Kier molecular flexibility index (Phi) is 6.89. The van der Waals surface area contributed by atoms with Gasteiger partial charge < -0.3 is 15.0 Å². The highest BCUT2D eigenvalue weighted by atomic mass is 35.5. The van der Waals surface area contributed by atoms with E-state index >= 15 is 0 Å². The number of fused-ring (bicyclic) bond motifs is 1. The Labute approximate surface area is 212 Å². The molecule has 0 aliphatic rings.